The summed E-state index contributed by atoms with van der Waals surface area (Å²) in [5, 5.41) is 14.9. The third-order valence-electron chi connectivity index (χ3n) is 7.48. The summed E-state index contributed by atoms with van der Waals surface area (Å²) in [7, 11) is -7.36. The predicted molar refractivity (Wildman–Crippen MR) is 168 cm³/mol. The van der Waals surface area contributed by atoms with Crippen LogP contribution < -0.4 is 15.3 Å². The summed E-state index contributed by atoms with van der Waals surface area (Å²) in [6.07, 6.45) is 1.57. The number of ether oxygens (including phenoxy) is 1. The maximum atomic E-state index is 14.6. The number of anilines is 2. The summed E-state index contributed by atoms with van der Waals surface area (Å²) in [6, 6.07) is 13.4. The van der Waals surface area contributed by atoms with Crippen LogP contribution in [0, 0.1) is 10.8 Å². The Morgan fingerprint density at radius 3 is 2.38 bits per heavy atom. The molecule has 3 N–H and O–H groups in total. The average molecular weight is 617 g/mol. The van der Waals surface area contributed by atoms with Crippen molar-refractivity contribution in [3.63, 3.8) is 0 Å². The van der Waals surface area contributed by atoms with E-state index in [-0.39, 0.29) is 46.5 Å². The average Bonchev–Trinajstić information content (AvgIpc) is 3.12. The van der Waals surface area contributed by atoms with Crippen LogP contribution in [0.25, 0.3) is 0 Å². The van der Waals surface area contributed by atoms with Gasteiger partial charge in [-0.15, -0.1) is 0 Å². The molecule has 2 aromatic carbocycles. The maximum Gasteiger partial charge on any atom is 0.261 e. The Morgan fingerprint density at radius 2 is 1.79 bits per heavy atom. The van der Waals surface area contributed by atoms with Crippen molar-refractivity contribution < 1.29 is 27.6 Å². The molecule has 0 aromatic heterocycles. The lowest BCUT2D eigenvalue weighted by molar-refractivity contribution is -0.130. The summed E-state index contributed by atoms with van der Waals surface area (Å²) in [4.78, 5) is 15.7. The number of carbonyl (C=O) groups excluding carboxylic acids is 1. The van der Waals surface area contributed by atoms with Crippen LogP contribution >= 0.6 is 7.29 Å². The molecule has 1 amide bonds. The van der Waals surface area contributed by atoms with Gasteiger partial charge in [0.05, 0.1) is 29.9 Å². The molecule has 2 aliphatic heterocycles. The van der Waals surface area contributed by atoms with Crippen LogP contribution in [0.4, 0.5) is 11.4 Å². The molecule has 0 bridgehead atoms. The Hall–Kier alpha value is -3.14. The summed E-state index contributed by atoms with van der Waals surface area (Å²) in [5.74, 6) is -0.511. The Labute approximate surface area is 248 Å². The van der Waals surface area contributed by atoms with Gasteiger partial charge in [0.25, 0.3) is 5.91 Å². The summed E-state index contributed by atoms with van der Waals surface area (Å²) in [5.41, 5.74) is 0.775. The van der Waals surface area contributed by atoms with Crippen molar-refractivity contribution in [1.29, 1.82) is 0 Å². The number of amidine groups is 1. The first kappa shape index (κ1) is 31.8. The van der Waals surface area contributed by atoms with Crippen LogP contribution in [0.1, 0.15) is 53.5 Å². The van der Waals surface area contributed by atoms with Gasteiger partial charge in [-0.3, -0.25) is 14.1 Å². The molecule has 2 aromatic rings. The normalized spacial score (nSPS) is 21.2. The van der Waals surface area contributed by atoms with Crippen molar-refractivity contribution in [3.8, 4) is 0 Å². The summed E-state index contributed by atoms with van der Waals surface area (Å²) in [6.45, 7) is 12.7. The van der Waals surface area contributed by atoms with Gasteiger partial charge in [0.1, 0.15) is 23.5 Å². The molecule has 0 saturated carbocycles. The minimum atomic E-state index is -3.77. The smallest absolute Gasteiger partial charge is 0.261 e. The number of rotatable bonds is 10. The molecule has 2 aliphatic rings. The number of aliphatic hydroxyl groups is 1. The molecular formula is C30H41N4O6PS. The highest BCUT2D eigenvalue weighted by molar-refractivity contribution is 7.92. The van der Waals surface area contributed by atoms with E-state index in [0.29, 0.717) is 12.2 Å². The minimum Gasteiger partial charge on any atom is -0.509 e. The molecule has 0 saturated heterocycles. The van der Waals surface area contributed by atoms with E-state index in [2.05, 4.69) is 35.6 Å². The third-order valence-corrected chi connectivity index (χ3v) is 10.3. The van der Waals surface area contributed by atoms with Crippen LogP contribution in [0.2, 0.25) is 0 Å². The second kappa shape index (κ2) is 11.5. The predicted octanol–water partition coefficient (Wildman–Crippen LogP) is 5.47. The van der Waals surface area contributed by atoms with Crippen LogP contribution in [-0.4, -0.2) is 55.4 Å². The highest BCUT2D eigenvalue weighted by Crippen LogP contribution is 2.52. The third kappa shape index (κ3) is 6.90. The summed E-state index contributed by atoms with van der Waals surface area (Å²) >= 11 is 0. The first-order valence-electron chi connectivity index (χ1n) is 13.9. The Kier molecular flexibility index (Phi) is 8.71. The van der Waals surface area contributed by atoms with Gasteiger partial charge in [-0.05, 0) is 41.0 Å². The SMILES string of the molecule is CCC(C)(C)CN1C(=O)C(C2=NP(=O)(COCc3ccccc3)c3cc(NS(C)(=O)=O)ccc3N2)=C(O)[C@@H]1C(C)(C)C. The second-order valence-electron chi connectivity index (χ2n) is 12.8. The van der Waals surface area contributed by atoms with Crippen molar-refractivity contribution in [2.75, 3.05) is 29.2 Å². The number of fused-ring (bicyclic) bond motifs is 1. The van der Waals surface area contributed by atoms with Crippen LogP contribution in [0.5, 0.6) is 0 Å². The molecule has 4 rings (SSSR count). The van der Waals surface area contributed by atoms with Crippen LogP contribution in [0.15, 0.2) is 64.6 Å². The molecular weight excluding hydrogens is 575 g/mol. The number of benzene rings is 2. The molecule has 0 fully saturated rings. The van der Waals surface area contributed by atoms with E-state index in [1.165, 1.54) is 12.1 Å². The summed E-state index contributed by atoms with van der Waals surface area (Å²) < 4.78 is 51.3. The van der Waals surface area contributed by atoms with E-state index in [4.69, 9.17) is 4.74 Å². The zero-order chi connectivity index (χ0) is 31.1. The number of carbonyl (C=O) groups is 1. The molecule has 228 valence electrons. The molecule has 42 heavy (non-hydrogen) atoms. The van der Waals surface area contributed by atoms with E-state index in [1.54, 1.807) is 11.0 Å². The standard InChI is InChI=1S/C30H41N4O6PS/c1-8-30(5,6)18-34-26(29(2,3)4)25(35)24(28(34)36)27-31-22-15-14-21(33-42(7,38)39)16-23(22)41(37,32-27)19-40-17-20-12-10-9-11-13-20/h9-16,26,33,35H,8,17-19H2,1-7H3,(H,31,32,37)/t26-,41?/m1/s1. The topological polar surface area (TPSA) is 137 Å². The highest BCUT2D eigenvalue weighted by atomic mass is 32.2. The highest BCUT2D eigenvalue weighted by Gasteiger charge is 2.49. The van der Waals surface area contributed by atoms with Gasteiger partial charge in [-0.25, -0.2) is 13.2 Å². The number of nitrogens with zero attached hydrogens (tertiary/aromatic N) is 2. The number of hydrogen-bond acceptors (Lipinski definition) is 7. The molecule has 0 spiro atoms. The molecule has 0 aliphatic carbocycles. The van der Waals surface area contributed by atoms with Crippen molar-refractivity contribution >= 4 is 45.7 Å². The van der Waals surface area contributed by atoms with Crippen LogP contribution in [-0.2, 0) is 30.7 Å². The molecule has 0 radical (unpaired) electrons. The van der Waals surface area contributed by atoms with Crippen LogP contribution in [0.3, 0.4) is 0 Å². The molecule has 12 heteroatoms. The van der Waals surface area contributed by atoms with Gasteiger partial charge in [0.2, 0.25) is 17.3 Å². The fourth-order valence-electron chi connectivity index (χ4n) is 5.14. The Bertz CT molecular complexity index is 1580. The van der Waals surface area contributed by atoms with Gasteiger partial charge >= 0.3 is 0 Å². The number of hydrogen-bond donors (Lipinski definition) is 3. The lowest BCUT2D eigenvalue weighted by Gasteiger charge is -2.39. The number of nitrogens with one attached hydrogen (secondary N) is 2. The van der Waals surface area contributed by atoms with Crippen molar-refractivity contribution in [1.82, 2.24) is 4.90 Å². The van der Waals surface area contributed by atoms with Crippen molar-refractivity contribution in [2.24, 2.45) is 15.6 Å². The van der Waals surface area contributed by atoms with E-state index in [0.717, 1.165) is 18.2 Å². The lowest BCUT2D eigenvalue weighted by Crippen LogP contribution is -2.48. The molecule has 2 heterocycles. The number of aliphatic hydroxyl groups excluding tert-OH is 1. The molecule has 10 nitrogen and oxygen atoms in total. The van der Waals surface area contributed by atoms with E-state index < -0.39 is 34.7 Å². The first-order valence-corrected chi connectivity index (χ1v) is 17.6. The zero-order valence-corrected chi connectivity index (χ0v) is 27.0. The number of sulfonamides is 1. The van der Waals surface area contributed by atoms with Gasteiger partial charge in [0.15, 0.2) is 0 Å². The fourth-order valence-corrected chi connectivity index (χ4v) is 7.65. The fraction of sp³-hybridized carbons (Fsp3) is 0.467. The second-order valence-corrected chi connectivity index (χ2v) is 16.9. The lowest BCUT2D eigenvalue weighted by atomic mass is 9.83. The van der Waals surface area contributed by atoms with Gasteiger partial charge < -0.3 is 20.1 Å². The first-order chi connectivity index (χ1) is 19.4. The monoisotopic (exact) mass is 616 g/mol. The quantitative estimate of drug-likeness (QED) is 0.301. The van der Waals surface area contributed by atoms with Gasteiger partial charge in [-0.1, -0.05) is 71.9 Å². The van der Waals surface area contributed by atoms with E-state index >= 15 is 0 Å². The molecule has 2 atom stereocenters. The maximum absolute atomic E-state index is 14.6. The zero-order valence-electron chi connectivity index (χ0n) is 25.3. The largest absolute Gasteiger partial charge is 0.509 e. The van der Waals surface area contributed by atoms with Gasteiger partial charge in [-0.2, -0.15) is 0 Å². The van der Waals surface area contributed by atoms with Gasteiger partial charge in [0, 0.05) is 12.2 Å². The minimum absolute atomic E-state index is 0.00604. The Balaban J connectivity index is 1.79. The number of amides is 1. The van der Waals surface area contributed by atoms with Crippen molar-refractivity contribution in [2.45, 2.75) is 60.6 Å². The van der Waals surface area contributed by atoms with E-state index in [1.807, 2.05) is 51.1 Å². The Morgan fingerprint density at radius 1 is 1.12 bits per heavy atom. The molecule has 1 unspecified atom stereocenters. The van der Waals surface area contributed by atoms with E-state index in [9.17, 15) is 22.9 Å². The van der Waals surface area contributed by atoms with Crippen molar-refractivity contribution in [3.05, 3.63) is 65.4 Å².